The highest BCUT2D eigenvalue weighted by molar-refractivity contribution is 5.17. The second-order valence-corrected chi connectivity index (χ2v) is 5.06. The van der Waals surface area contributed by atoms with E-state index in [1.54, 1.807) is 0 Å². The fourth-order valence-corrected chi connectivity index (χ4v) is 2.77. The van der Waals surface area contributed by atoms with Crippen molar-refractivity contribution in [1.29, 1.82) is 0 Å². The van der Waals surface area contributed by atoms with Gasteiger partial charge in [-0.05, 0) is 12.8 Å². The Bertz CT molecular complexity index is 343. The third kappa shape index (κ3) is 2.89. The molecule has 0 aliphatic carbocycles. The zero-order chi connectivity index (χ0) is 12.1. The van der Waals surface area contributed by atoms with E-state index in [0.29, 0.717) is 6.04 Å². The summed E-state index contributed by atoms with van der Waals surface area (Å²) >= 11 is 0. The summed E-state index contributed by atoms with van der Waals surface area (Å²) in [5.41, 5.74) is 2.76. The largest absolute Gasteiger partial charge is 0.331 e. The number of hydrogen-bond donors (Lipinski definition) is 1. The molecule has 96 valence electrons. The average molecular weight is 235 g/mol. The summed E-state index contributed by atoms with van der Waals surface area (Å²) in [7, 11) is 0. The molecule has 0 bridgehead atoms. The van der Waals surface area contributed by atoms with Gasteiger partial charge in [0.05, 0.1) is 12.0 Å². The lowest BCUT2D eigenvalue weighted by molar-refractivity contribution is 0.402. The smallest absolute Gasteiger partial charge is 0.0954 e. The minimum Gasteiger partial charge on any atom is -0.331 e. The van der Waals surface area contributed by atoms with E-state index in [0.717, 1.165) is 19.5 Å². The number of hydrogen-bond acceptors (Lipinski definition) is 2. The molecule has 1 atom stereocenters. The molecule has 2 heterocycles. The maximum Gasteiger partial charge on any atom is 0.0954 e. The molecule has 0 aromatic carbocycles. The van der Waals surface area contributed by atoms with Gasteiger partial charge in [0.15, 0.2) is 0 Å². The maximum atomic E-state index is 4.57. The number of unbranched alkanes of at least 4 members (excludes halogenated alkanes) is 1. The van der Waals surface area contributed by atoms with E-state index < -0.39 is 0 Å². The fraction of sp³-hybridized carbons (Fsp3) is 0.786. The Kier molecular flexibility index (Phi) is 4.60. The quantitative estimate of drug-likeness (QED) is 0.821. The van der Waals surface area contributed by atoms with Gasteiger partial charge in [-0.3, -0.25) is 0 Å². The SMILES string of the molecule is CCCCC(CCC)n1cnc2c1CCNC2. The lowest BCUT2D eigenvalue weighted by atomic mass is 10.0. The van der Waals surface area contributed by atoms with Crippen LogP contribution in [0.1, 0.15) is 63.4 Å². The zero-order valence-corrected chi connectivity index (χ0v) is 11.2. The first kappa shape index (κ1) is 12.6. The van der Waals surface area contributed by atoms with Crippen LogP contribution in [0, 0.1) is 0 Å². The Morgan fingerprint density at radius 3 is 3.00 bits per heavy atom. The summed E-state index contributed by atoms with van der Waals surface area (Å²) < 4.78 is 2.47. The predicted molar refractivity (Wildman–Crippen MR) is 71.1 cm³/mol. The first-order valence-corrected chi connectivity index (χ1v) is 7.12. The number of fused-ring (bicyclic) bond motifs is 1. The molecule has 0 fully saturated rings. The molecule has 0 spiro atoms. The normalized spacial score (nSPS) is 16.8. The van der Waals surface area contributed by atoms with E-state index in [-0.39, 0.29) is 0 Å². The van der Waals surface area contributed by atoms with Gasteiger partial charge in [-0.2, -0.15) is 0 Å². The topological polar surface area (TPSA) is 29.9 Å². The molecule has 1 aromatic rings. The molecular weight excluding hydrogens is 210 g/mol. The molecule has 0 saturated heterocycles. The molecule has 17 heavy (non-hydrogen) atoms. The van der Waals surface area contributed by atoms with Gasteiger partial charge in [0.2, 0.25) is 0 Å². The molecule has 0 radical (unpaired) electrons. The Labute approximate surface area is 105 Å². The molecule has 2 rings (SSSR count). The first-order chi connectivity index (χ1) is 8.36. The van der Waals surface area contributed by atoms with E-state index >= 15 is 0 Å². The molecule has 1 aliphatic rings. The Morgan fingerprint density at radius 1 is 1.35 bits per heavy atom. The third-order valence-electron chi connectivity index (χ3n) is 3.72. The summed E-state index contributed by atoms with van der Waals surface area (Å²) in [4.78, 5) is 4.57. The van der Waals surface area contributed by atoms with Gasteiger partial charge in [0.25, 0.3) is 0 Å². The van der Waals surface area contributed by atoms with Crippen molar-refractivity contribution in [3.63, 3.8) is 0 Å². The van der Waals surface area contributed by atoms with Gasteiger partial charge in [0.1, 0.15) is 0 Å². The number of nitrogens with zero attached hydrogens (tertiary/aromatic N) is 2. The number of aromatic nitrogens is 2. The highest BCUT2D eigenvalue weighted by Gasteiger charge is 2.19. The molecule has 1 aliphatic heterocycles. The zero-order valence-electron chi connectivity index (χ0n) is 11.2. The van der Waals surface area contributed by atoms with Crippen LogP contribution in [-0.4, -0.2) is 16.1 Å². The Balaban J connectivity index is 2.13. The molecule has 0 saturated carbocycles. The van der Waals surface area contributed by atoms with Crippen molar-refractivity contribution in [2.24, 2.45) is 0 Å². The monoisotopic (exact) mass is 235 g/mol. The summed E-state index contributed by atoms with van der Waals surface area (Å²) in [6, 6.07) is 0.675. The highest BCUT2D eigenvalue weighted by atomic mass is 15.1. The van der Waals surface area contributed by atoms with Crippen LogP contribution < -0.4 is 5.32 Å². The molecule has 3 nitrogen and oxygen atoms in total. The van der Waals surface area contributed by atoms with Crippen molar-refractivity contribution in [3.05, 3.63) is 17.7 Å². The van der Waals surface area contributed by atoms with Crippen LogP contribution in [0.4, 0.5) is 0 Å². The van der Waals surface area contributed by atoms with Crippen LogP contribution in [0.15, 0.2) is 6.33 Å². The summed E-state index contributed by atoms with van der Waals surface area (Å²) in [6.45, 7) is 6.61. The number of rotatable bonds is 6. The standard InChI is InChI=1S/C14H25N3/c1-3-5-7-12(6-4-2)17-11-16-13-10-15-9-8-14(13)17/h11-12,15H,3-10H2,1-2H3. The lowest BCUT2D eigenvalue weighted by Gasteiger charge is -2.22. The number of nitrogens with one attached hydrogen (secondary N) is 1. The Morgan fingerprint density at radius 2 is 2.24 bits per heavy atom. The van der Waals surface area contributed by atoms with E-state index in [1.165, 1.54) is 43.5 Å². The molecular formula is C14H25N3. The molecule has 1 aromatic heterocycles. The average Bonchev–Trinajstić information content (AvgIpc) is 2.78. The van der Waals surface area contributed by atoms with Gasteiger partial charge in [-0.1, -0.05) is 33.1 Å². The Hall–Kier alpha value is -0.830. The first-order valence-electron chi connectivity index (χ1n) is 7.12. The van der Waals surface area contributed by atoms with E-state index in [2.05, 4.69) is 35.0 Å². The van der Waals surface area contributed by atoms with Crippen molar-refractivity contribution in [2.75, 3.05) is 6.54 Å². The molecule has 0 amide bonds. The van der Waals surface area contributed by atoms with E-state index in [4.69, 9.17) is 0 Å². The number of imidazole rings is 1. The fourth-order valence-electron chi connectivity index (χ4n) is 2.77. The second-order valence-electron chi connectivity index (χ2n) is 5.06. The molecule has 1 unspecified atom stereocenters. The van der Waals surface area contributed by atoms with Gasteiger partial charge in [-0.15, -0.1) is 0 Å². The van der Waals surface area contributed by atoms with Crippen molar-refractivity contribution >= 4 is 0 Å². The summed E-state index contributed by atoms with van der Waals surface area (Å²) in [6.07, 6.45) is 9.69. The minimum atomic E-state index is 0.675. The van der Waals surface area contributed by atoms with Crippen LogP contribution in [-0.2, 0) is 13.0 Å². The van der Waals surface area contributed by atoms with Gasteiger partial charge in [0, 0.05) is 31.2 Å². The predicted octanol–water partition coefficient (Wildman–Crippen LogP) is 3.06. The van der Waals surface area contributed by atoms with Crippen molar-refractivity contribution in [2.45, 2.75) is 65.0 Å². The van der Waals surface area contributed by atoms with Crippen molar-refractivity contribution in [3.8, 4) is 0 Å². The van der Waals surface area contributed by atoms with Gasteiger partial charge in [-0.25, -0.2) is 4.98 Å². The minimum absolute atomic E-state index is 0.675. The van der Waals surface area contributed by atoms with Crippen LogP contribution >= 0.6 is 0 Å². The molecule has 3 heteroatoms. The third-order valence-corrected chi connectivity index (χ3v) is 3.72. The van der Waals surface area contributed by atoms with Gasteiger partial charge >= 0.3 is 0 Å². The van der Waals surface area contributed by atoms with Crippen LogP contribution in [0.5, 0.6) is 0 Å². The molecule has 1 N–H and O–H groups in total. The maximum absolute atomic E-state index is 4.57. The van der Waals surface area contributed by atoms with Crippen molar-refractivity contribution < 1.29 is 0 Å². The van der Waals surface area contributed by atoms with E-state index in [9.17, 15) is 0 Å². The van der Waals surface area contributed by atoms with E-state index in [1.807, 2.05) is 0 Å². The summed E-state index contributed by atoms with van der Waals surface area (Å²) in [5.74, 6) is 0. The second kappa shape index (κ2) is 6.20. The summed E-state index contributed by atoms with van der Waals surface area (Å²) in [5, 5.41) is 3.39. The lowest BCUT2D eigenvalue weighted by Crippen LogP contribution is -2.26. The highest BCUT2D eigenvalue weighted by Crippen LogP contribution is 2.25. The van der Waals surface area contributed by atoms with Gasteiger partial charge < -0.3 is 9.88 Å². The van der Waals surface area contributed by atoms with Crippen LogP contribution in [0.2, 0.25) is 0 Å². The van der Waals surface area contributed by atoms with Crippen molar-refractivity contribution in [1.82, 2.24) is 14.9 Å². The van der Waals surface area contributed by atoms with Crippen LogP contribution in [0.25, 0.3) is 0 Å². The van der Waals surface area contributed by atoms with Crippen LogP contribution in [0.3, 0.4) is 0 Å².